The average molecular weight is 374 g/mol. The lowest BCUT2D eigenvalue weighted by Gasteiger charge is -2.17. The molecule has 0 aliphatic carbocycles. The minimum atomic E-state index is 0.0474. The van der Waals surface area contributed by atoms with Gasteiger partial charge in [-0.25, -0.2) is 0 Å². The van der Waals surface area contributed by atoms with Crippen molar-refractivity contribution in [3.8, 4) is 0 Å². The van der Waals surface area contributed by atoms with Gasteiger partial charge in [-0.05, 0) is 44.5 Å². The molecule has 2 aromatic heterocycles. The van der Waals surface area contributed by atoms with Gasteiger partial charge in [0.2, 0.25) is 0 Å². The van der Waals surface area contributed by atoms with E-state index >= 15 is 0 Å². The highest BCUT2D eigenvalue weighted by molar-refractivity contribution is 9.11. The van der Waals surface area contributed by atoms with E-state index < -0.39 is 0 Å². The van der Waals surface area contributed by atoms with Crippen molar-refractivity contribution in [3.05, 3.63) is 44.9 Å². The largest absolute Gasteiger partial charge is 0.305 e. The molecule has 18 heavy (non-hydrogen) atoms. The van der Waals surface area contributed by atoms with Crippen LogP contribution in [0.1, 0.15) is 24.2 Å². The Kier molecular flexibility index (Phi) is 4.53. The maximum absolute atomic E-state index is 4.49. The van der Waals surface area contributed by atoms with E-state index in [1.807, 2.05) is 25.5 Å². The Morgan fingerprint density at radius 1 is 1.39 bits per heavy atom. The summed E-state index contributed by atoms with van der Waals surface area (Å²) in [5, 5.41) is 7.64. The molecular weight excluding hydrogens is 360 g/mol. The predicted octanol–water partition coefficient (Wildman–Crippen LogP) is 3.04. The fourth-order valence-electron chi connectivity index (χ4n) is 1.80. The van der Waals surface area contributed by atoms with Crippen molar-refractivity contribution in [1.82, 2.24) is 20.1 Å². The molecule has 0 aromatic carbocycles. The molecule has 2 heterocycles. The van der Waals surface area contributed by atoms with Crippen molar-refractivity contribution in [1.29, 1.82) is 0 Å². The molecule has 6 heteroatoms. The van der Waals surface area contributed by atoms with Crippen molar-refractivity contribution < 1.29 is 0 Å². The fourth-order valence-corrected chi connectivity index (χ4v) is 3.02. The van der Waals surface area contributed by atoms with Gasteiger partial charge in [-0.2, -0.15) is 5.10 Å². The van der Waals surface area contributed by atoms with Gasteiger partial charge in [0.1, 0.15) is 0 Å². The van der Waals surface area contributed by atoms with Gasteiger partial charge in [0.05, 0.1) is 17.9 Å². The van der Waals surface area contributed by atoms with E-state index in [2.05, 4.69) is 54.2 Å². The second kappa shape index (κ2) is 5.95. The number of hydrogen-bond donors (Lipinski definition) is 1. The first-order valence-electron chi connectivity index (χ1n) is 5.64. The zero-order valence-corrected chi connectivity index (χ0v) is 13.4. The molecule has 1 atom stereocenters. The number of hydrogen-bond acceptors (Lipinski definition) is 3. The first-order chi connectivity index (χ1) is 8.61. The molecule has 0 saturated heterocycles. The predicted molar refractivity (Wildman–Crippen MR) is 78.4 cm³/mol. The molecule has 0 saturated carbocycles. The average Bonchev–Trinajstić information content (AvgIpc) is 2.73. The van der Waals surface area contributed by atoms with Crippen LogP contribution >= 0.6 is 31.9 Å². The Morgan fingerprint density at radius 2 is 2.17 bits per heavy atom. The maximum atomic E-state index is 4.49. The number of pyridine rings is 1. The molecule has 0 fully saturated rings. The number of aryl methyl sites for hydroxylation is 1. The Morgan fingerprint density at radius 3 is 2.72 bits per heavy atom. The molecule has 2 aromatic rings. The molecular formula is C12H14Br2N4. The Labute approximate surface area is 123 Å². The highest BCUT2D eigenvalue weighted by atomic mass is 79.9. The van der Waals surface area contributed by atoms with Gasteiger partial charge in [0.25, 0.3) is 0 Å². The Hall–Kier alpha value is -0.720. The van der Waals surface area contributed by atoms with Gasteiger partial charge in [-0.1, -0.05) is 6.92 Å². The van der Waals surface area contributed by atoms with Crippen molar-refractivity contribution in [2.24, 2.45) is 7.05 Å². The SMILES string of the molecule is CCNC(c1cnn(C)c1)c1ncc(Br)cc1Br. The Balaban J connectivity index is 2.41. The van der Waals surface area contributed by atoms with Gasteiger partial charge < -0.3 is 5.32 Å². The van der Waals surface area contributed by atoms with Crippen LogP contribution < -0.4 is 5.32 Å². The first kappa shape index (κ1) is 13.7. The van der Waals surface area contributed by atoms with E-state index in [-0.39, 0.29) is 6.04 Å². The molecule has 0 amide bonds. The molecule has 2 rings (SSSR count). The van der Waals surface area contributed by atoms with Gasteiger partial charge >= 0.3 is 0 Å². The van der Waals surface area contributed by atoms with E-state index in [9.17, 15) is 0 Å². The van der Waals surface area contributed by atoms with Crippen molar-refractivity contribution in [2.75, 3.05) is 6.54 Å². The van der Waals surface area contributed by atoms with Crippen LogP contribution in [0, 0.1) is 0 Å². The molecule has 1 unspecified atom stereocenters. The van der Waals surface area contributed by atoms with Crippen LogP contribution in [0.3, 0.4) is 0 Å². The number of rotatable bonds is 4. The third kappa shape index (κ3) is 2.99. The number of halogens is 2. The van der Waals surface area contributed by atoms with Crippen LogP contribution in [0.25, 0.3) is 0 Å². The quantitative estimate of drug-likeness (QED) is 0.895. The zero-order chi connectivity index (χ0) is 13.1. The Bertz CT molecular complexity index is 539. The van der Waals surface area contributed by atoms with Crippen LogP contribution in [0.5, 0.6) is 0 Å². The standard InChI is InChI=1S/C12H14Br2N4/c1-3-15-11(8-5-17-18(2)7-8)12-10(14)4-9(13)6-16-12/h4-7,11,15H,3H2,1-2H3. The molecule has 4 nitrogen and oxygen atoms in total. The van der Waals surface area contributed by atoms with Crippen molar-refractivity contribution in [3.63, 3.8) is 0 Å². The van der Waals surface area contributed by atoms with E-state index in [1.165, 1.54) is 0 Å². The van der Waals surface area contributed by atoms with E-state index in [1.54, 1.807) is 10.9 Å². The topological polar surface area (TPSA) is 42.7 Å². The summed E-state index contributed by atoms with van der Waals surface area (Å²) in [4.78, 5) is 4.49. The van der Waals surface area contributed by atoms with Gasteiger partial charge in [0.15, 0.2) is 0 Å². The molecule has 0 bridgehead atoms. The van der Waals surface area contributed by atoms with Crippen molar-refractivity contribution in [2.45, 2.75) is 13.0 Å². The summed E-state index contributed by atoms with van der Waals surface area (Å²) >= 11 is 6.98. The van der Waals surface area contributed by atoms with Crippen LogP contribution in [0.4, 0.5) is 0 Å². The molecule has 1 N–H and O–H groups in total. The minimum Gasteiger partial charge on any atom is -0.305 e. The lowest BCUT2D eigenvalue weighted by Crippen LogP contribution is -2.23. The third-order valence-electron chi connectivity index (χ3n) is 2.58. The minimum absolute atomic E-state index is 0.0474. The summed E-state index contributed by atoms with van der Waals surface area (Å²) in [7, 11) is 1.91. The van der Waals surface area contributed by atoms with E-state index in [0.29, 0.717) is 0 Å². The van der Waals surface area contributed by atoms with E-state index in [0.717, 1.165) is 26.7 Å². The monoisotopic (exact) mass is 372 g/mol. The normalized spacial score (nSPS) is 12.7. The lowest BCUT2D eigenvalue weighted by atomic mass is 10.1. The summed E-state index contributed by atoms with van der Waals surface area (Å²) in [6, 6.07) is 2.05. The highest BCUT2D eigenvalue weighted by Gasteiger charge is 2.18. The van der Waals surface area contributed by atoms with Gasteiger partial charge in [0, 0.05) is 34.0 Å². The van der Waals surface area contributed by atoms with E-state index in [4.69, 9.17) is 0 Å². The van der Waals surface area contributed by atoms with Crippen LogP contribution in [-0.4, -0.2) is 21.3 Å². The zero-order valence-electron chi connectivity index (χ0n) is 10.2. The molecule has 96 valence electrons. The number of aromatic nitrogens is 3. The number of nitrogens with one attached hydrogen (secondary N) is 1. The summed E-state index contributed by atoms with van der Waals surface area (Å²) in [6.45, 7) is 2.94. The second-order valence-electron chi connectivity index (χ2n) is 3.96. The van der Waals surface area contributed by atoms with Crippen molar-refractivity contribution >= 4 is 31.9 Å². The van der Waals surface area contributed by atoms with Crippen LogP contribution in [0.15, 0.2) is 33.6 Å². The molecule has 0 aliphatic rings. The third-order valence-corrected chi connectivity index (χ3v) is 3.64. The smallest absolute Gasteiger partial charge is 0.0793 e. The fraction of sp³-hybridized carbons (Fsp3) is 0.333. The second-order valence-corrected chi connectivity index (χ2v) is 5.73. The molecule has 0 spiro atoms. The highest BCUT2D eigenvalue weighted by Crippen LogP contribution is 2.28. The van der Waals surface area contributed by atoms with Crippen LogP contribution in [-0.2, 0) is 7.05 Å². The van der Waals surface area contributed by atoms with Crippen LogP contribution in [0.2, 0.25) is 0 Å². The number of nitrogens with zero attached hydrogens (tertiary/aromatic N) is 3. The summed E-state index contributed by atoms with van der Waals surface area (Å²) in [5.41, 5.74) is 2.07. The van der Waals surface area contributed by atoms with Gasteiger partial charge in [-0.3, -0.25) is 9.67 Å². The first-order valence-corrected chi connectivity index (χ1v) is 7.23. The molecule has 0 radical (unpaired) electrons. The summed E-state index contributed by atoms with van der Waals surface area (Å²) < 4.78 is 3.73. The lowest BCUT2D eigenvalue weighted by molar-refractivity contribution is 0.612. The summed E-state index contributed by atoms with van der Waals surface area (Å²) in [6.07, 6.45) is 5.67. The van der Waals surface area contributed by atoms with Gasteiger partial charge in [-0.15, -0.1) is 0 Å². The maximum Gasteiger partial charge on any atom is 0.0793 e. The molecule has 0 aliphatic heterocycles. The summed E-state index contributed by atoms with van der Waals surface area (Å²) in [5.74, 6) is 0.